The molecule has 0 aromatic heterocycles. The van der Waals surface area contributed by atoms with Crippen LogP contribution in [0.3, 0.4) is 0 Å². The molecule has 0 spiro atoms. The minimum Gasteiger partial charge on any atom is -0.386 e. The predicted molar refractivity (Wildman–Crippen MR) is 30.0 cm³/mol. The molecule has 2 unspecified atom stereocenters. The Kier molecular flexibility index (Phi) is 1.57. The van der Waals surface area contributed by atoms with Crippen LogP contribution >= 0.6 is 11.8 Å². The minimum atomic E-state index is -0.134. The van der Waals surface area contributed by atoms with Gasteiger partial charge >= 0.3 is 0 Å². The number of aliphatic hydroxyl groups is 1. The van der Waals surface area contributed by atoms with E-state index < -0.39 is 0 Å². The van der Waals surface area contributed by atoms with Crippen molar-refractivity contribution in [2.45, 2.75) is 12.1 Å². The second kappa shape index (κ2) is 2.03. The van der Waals surface area contributed by atoms with Gasteiger partial charge in [-0.1, -0.05) is 0 Å². The zero-order valence-corrected chi connectivity index (χ0v) is 4.95. The first-order chi connectivity index (χ1) is 3.30. The molecule has 1 fully saturated rings. The Hall–Kier alpha value is 0.270. The molecule has 0 aromatic rings. The quantitative estimate of drug-likeness (QED) is 0.417. The first kappa shape index (κ1) is 5.41. The normalized spacial score (nSPS) is 42.0. The van der Waals surface area contributed by atoms with E-state index in [9.17, 15) is 0 Å². The molecule has 4 N–H and O–H groups in total. The van der Waals surface area contributed by atoms with Gasteiger partial charge in [-0.3, -0.25) is 0 Å². The van der Waals surface area contributed by atoms with Crippen LogP contribution in [-0.2, 0) is 0 Å². The van der Waals surface area contributed by atoms with E-state index in [0.29, 0.717) is 0 Å². The van der Waals surface area contributed by atoms with E-state index in [-0.39, 0.29) is 12.1 Å². The second-order valence-electron chi connectivity index (χ2n) is 1.86. The van der Waals surface area contributed by atoms with Gasteiger partial charge in [0.1, 0.15) is 12.1 Å². The summed E-state index contributed by atoms with van der Waals surface area (Å²) in [6, 6.07) is 0.282. The lowest BCUT2D eigenvalue weighted by Gasteiger charge is -1.99. The van der Waals surface area contributed by atoms with Gasteiger partial charge in [-0.15, -0.1) is 0 Å². The highest BCUT2D eigenvalue weighted by atomic mass is 32.2. The summed E-state index contributed by atoms with van der Waals surface area (Å²) in [5.41, 5.74) is 3.75. The Bertz CT molecular complexity index is 60.7. The zero-order valence-electron chi connectivity index (χ0n) is 4.13. The third-order valence-corrected chi connectivity index (χ3v) is 2.41. The van der Waals surface area contributed by atoms with E-state index >= 15 is 0 Å². The molecule has 2 nitrogen and oxygen atoms in total. The first-order valence-electron chi connectivity index (χ1n) is 2.39. The summed E-state index contributed by atoms with van der Waals surface area (Å²) in [6.45, 7) is 0. The molecule has 0 saturated carbocycles. The highest BCUT2D eigenvalue weighted by molar-refractivity contribution is 7.99. The van der Waals surface area contributed by atoms with Crippen LogP contribution in [0.2, 0.25) is 0 Å². The van der Waals surface area contributed by atoms with Gasteiger partial charge in [0.2, 0.25) is 0 Å². The fraction of sp³-hybridized carbons (Fsp3) is 1.00. The van der Waals surface area contributed by atoms with Crippen molar-refractivity contribution in [3.63, 3.8) is 0 Å². The van der Waals surface area contributed by atoms with Gasteiger partial charge in [-0.05, 0) is 0 Å². The molecular weight excluding hydrogens is 110 g/mol. The topological polar surface area (TPSA) is 47.9 Å². The molecule has 0 bridgehead atoms. The molecule has 3 heteroatoms. The van der Waals surface area contributed by atoms with E-state index in [2.05, 4.69) is 5.73 Å². The lowest BCUT2D eigenvalue weighted by Crippen LogP contribution is -2.66. The number of hydrogen-bond donors (Lipinski definition) is 2. The summed E-state index contributed by atoms with van der Waals surface area (Å²) in [5.74, 6) is 1.91. The fourth-order valence-corrected chi connectivity index (χ4v) is 1.76. The summed E-state index contributed by atoms with van der Waals surface area (Å²) < 4.78 is 0. The summed E-state index contributed by atoms with van der Waals surface area (Å²) >= 11 is 1.78. The van der Waals surface area contributed by atoms with Crippen molar-refractivity contribution < 1.29 is 10.8 Å². The van der Waals surface area contributed by atoms with Gasteiger partial charge in [-0.2, -0.15) is 11.8 Å². The SMILES string of the molecule is [NH3+]C1CSCC1O. The molecule has 0 radical (unpaired) electrons. The Morgan fingerprint density at radius 3 is 2.43 bits per heavy atom. The van der Waals surface area contributed by atoms with Crippen molar-refractivity contribution in [1.82, 2.24) is 0 Å². The van der Waals surface area contributed by atoms with Crippen molar-refractivity contribution in [3.8, 4) is 0 Å². The van der Waals surface area contributed by atoms with Crippen LogP contribution in [0.5, 0.6) is 0 Å². The molecule has 0 amide bonds. The molecule has 42 valence electrons. The number of rotatable bonds is 0. The molecule has 1 rings (SSSR count). The molecule has 1 heterocycles. The molecular formula is C4H10NOS+. The molecule has 0 aromatic carbocycles. The van der Waals surface area contributed by atoms with Gasteiger partial charge in [0, 0.05) is 11.5 Å². The summed E-state index contributed by atoms with van der Waals surface area (Å²) in [5, 5.41) is 8.91. The largest absolute Gasteiger partial charge is 0.386 e. The molecule has 2 atom stereocenters. The summed E-state index contributed by atoms with van der Waals surface area (Å²) in [4.78, 5) is 0. The molecule has 0 aliphatic carbocycles. The van der Waals surface area contributed by atoms with E-state index in [1.165, 1.54) is 0 Å². The Morgan fingerprint density at radius 1 is 1.57 bits per heavy atom. The van der Waals surface area contributed by atoms with Crippen molar-refractivity contribution in [2.24, 2.45) is 0 Å². The zero-order chi connectivity index (χ0) is 5.28. The van der Waals surface area contributed by atoms with Crippen LogP contribution in [0.25, 0.3) is 0 Å². The highest BCUT2D eigenvalue weighted by Gasteiger charge is 2.24. The standard InChI is InChI=1S/C4H9NOS/c5-3-1-7-2-4(3)6/h3-4,6H,1-2,5H2/p+1. The van der Waals surface area contributed by atoms with Crippen molar-refractivity contribution in [2.75, 3.05) is 11.5 Å². The predicted octanol–water partition coefficient (Wildman–Crippen LogP) is -1.30. The van der Waals surface area contributed by atoms with Crippen LogP contribution in [0, 0.1) is 0 Å². The minimum absolute atomic E-state index is 0.134. The molecule has 1 saturated heterocycles. The number of aliphatic hydroxyl groups excluding tert-OH is 1. The maximum absolute atomic E-state index is 8.91. The fourth-order valence-electron chi connectivity index (χ4n) is 0.587. The number of thioether (sulfide) groups is 1. The average molecular weight is 120 g/mol. The number of quaternary nitrogens is 1. The monoisotopic (exact) mass is 120 g/mol. The van der Waals surface area contributed by atoms with E-state index in [4.69, 9.17) is 5.11 Å². The van der Waals surface area contributed by atoms with Gasteiger partial charge in [0.25, 0.3) is 0 Å². The van der Waals surface area contributed by atoms with E-state index in [1.807, 2.05) is 0 Å². The van der Waals surface area contributed by atoms with Crippen LogP contribution in [0.1, 0.15) is 0 Å². The van der Waals surface area contributed by atoms with Crippen LogP contribution < -0.4 is 5.73 Å². The van der Waals surface area contributed by atoms with Crippen LogP contribution in [0.4, 0.5) is 0 Å². The Balaban J connectivity index is 2.33. The third kappa shape index (κ3) is 1.08. The number of hydrogen-bond acceptors (Lipinski definition) is 2. The average Bonchev–Trinajstić information content (AvgIpc) is 1.91. The maximum atomic E-state index is 8.91. The van der Waals surface area contributed by atoms with Crippen molar-refractivity contribution in [3.05, 3.63) is 0 Å². The van der Waals surface area contributed by atoms with Gasteiger partial charge in [0.05, 0.1) is 0 Å². The molecule has 7 heavy (non-hydrogen) atoms. The van der Waals surface area contributed by atoms with Gasteiger partial charge in [-0.25, -0.2) is 0 Å². The maximum Gasteiger partial charge on any atom is 0.121 e. The van der Waals surface area contributed by atoms with Crippen molar-refractivity contribution >= 4 is 11.8 Å². The van der Waals surface area contributed by atoms with Crippen molar-refractivity contribution in [1.29, 1.82) is 0 Å². The van der Waals surface area contributed by atoms with E-state index in [1.54, 1.807) is 11.8 Å². The van der Waals surface area contributed by atoms with Crippen LogP contribution in [0.15, 0.2) is 0 Å². The second-order valence-corrected chi connectivity index (χ2v) is 2.94. The molecule has 1 aliphatic heterocycles. The first-order valence-corrected chi connectivity index (χ1v) is 3.55. The highest BCUT2D eigenvalue weighted by Crippen LogP contribution is 2.14. The van der Waals surface area contributed by atoms with Gasteiger partial charge in [0.15, 0.2) is 0 Å². The molecule has 1 aliphatic rings. The lowest BCUT2D eigenvalue weighted by molar-refractivity contribution is -0.425. The van der Waals surface area contributed by atoms with E-state index in [0.717, 1.165) is 11.5 Å². The smallest absolute Gasteiger partial charge is 0.121 e. The summed E-state index contributed by atoms with van der Waals surface area (Å²) in [7, 11) is 0. The van der Waals surface area contributed by atoms with Crippen LogP contribution in [-0.4, -0.2) is 28.8 Å². The Morgan fingerprint density at radius 2 is 2.29 bits per heavy atom. The Labute approximate surface area is 47.1 Å². The third-order valence-electron chi connectivity index (χ3n) is 1.16. The summed E-state index contributed by atoms with van der Waals surface area (Å²) in [6.07, 6.45) is -0.134. The lowest BCUT2D eigenvalue weighted by atomic mass is 10.2. The van der Waals surface area contributed by atoms with Gasteiger partial charge < -0.3 is 10.8 Å².